The molecule has 20 heavy (non-hydrogen) atoms. The number of methoxy groups -OCH3 is 1. The molecule has 0 bridgehead atoms. The van der Waals surface area contributed by atoms with E-state index in [9.17, 15) is 4.79 Å². The largest absolute Gasteiger partial charge is 0.497 e. The van der Waals surface area contributed by atoms with E-state index >= 15 is 0 Å². The number of ether oxygens (including phenoxy) is 1. The molecule has 5 heteroatoms. The highest BCUT2D eigenvalue weighted by Crippen LogP contribution is 2.30. The van der Waals surface area contributed by atoms with E-state index in [0.29, 0.717) is 17.5 Å². The summed E-state index contributed by atoms with van der Waals surface area (Å²) in [5.41, 5.74) is 8.55. The lowest BCUT2D eigenvalue weighted by atomic mass is 10.0. The molecule has 0 radical (unpaired) electrons. The van der Waals surface area contributed by atoms with Gasteiger partial charge in [-0.3, -0.25) is 4.79 Å². The van der Waals surface area contributed by atoms with E-state index in [1.54, 1.807) is 7.11 Å². The predicted octanol–water partition coefficient (Wildman–Crippen LogP) is 1.90. The Morgan fingerprint density at radius 2 is 2.30 bits per heavy atom. The zero-order valence-corrected chi connectivity index (χ0v) is 11.4. The molecule has 0 aliphatic carbocycles. The number of rotatable bonds is 4. The number of nitrogen functional groups attached to an aromatic ring is 1. The lowest BCUT2D eigenvalue weighted by Gasteiger charge is -2.06. The third-order valence-corrected chi connectivity index (χ3v) is 3.08. The maximum Gasteiger partial charge on any atom is 0.156 e. The summed E-state index contributed by atoms with van der Waals surface area (Å²) >= 11 is 0. The molecule has 2 rings (SSSR count). The van der Waals surface area contributed by atoms with Gasteiger partial charge in [-0.05, 0) is 30.7 Å². The Morgan fingerprint density at radius 3 is 2.85 bits per heavy atom. The fourth-order valence-corrected chi connectivity index (χ4v) is 2.04. The molecule has 0 unspecified atom stereocenters. The summed E-state index contributed by atoms with van der Waals surface area (Å²) < 4.78 is 6.61. The van der Waals surface area contributed by atoms with Crippen LogP contribution in [0.2, 0.25) is 0 Å². The molecule has 5 nitrogen and oxygen atoms in total. The molecule has 2 N–H and O–H groups in total. The third kappa shape index (κ3) is 2.24. The molecular formula is C15H15N3O2. The highest BCUT2D eigenvalue weighted by Gasteiger charge is 2.17. The van der Waals surface area contributed by atoms with Crippen LogP contribution in [0.5, 0.6) is 5.75 Å². The third-order valence-electron chi connectivity index (χ3n) is 3.08. The number of aryl methyl sites for hydroxylation is 1. The van der Waals surface area contributed by atoms with Crippen molar-refractivity contribution in [1.82, 2.24) is 9.78 Å². The standard InChI is InChI=1S/C15H15N3O2/c1-4-7-18-15(16)13(9-19)14(17-18)12-6-5-11(20-3)8-10(12)2/h1,5-6,8-9H,7,16H2,2-3H3. The van der Waals surface area contributed by atoms with E-state index in [4.69, 9.17) is 16.9 Å². The lowest BCUT2D eigenvalue weighted by molar-refractivity contribution is 0.112. The predicted molar refractivity (Wildman–Crippen MR) is 77.6 cm³/mol. The summed E-state index contributed by atoms with van der Waals surface area (Å²) in [6.07, 6.45) is 5.97. The first-order chi connectivity index (χ1) is 9.62. The van der Waals surface area contributed by atoms with Crippen LogP contribution in [0.3, 0.4) is 0 Å². The second-order valence-corrected chi connectivity index (χ2v) is 4.31. The summed E-state index contributed by atoms with van der Waals surface area (Å²) in [5, 5.41) is 4.33. The maximum absolute atomic E-state index is 11.3. The summed E-state index contributed by atoms with van der Waals surface area (Å²) in [4.78, 5) is 11.3. The van der Waals surface area contributed by atoms with Crippen molar-refractivity contribution in [3.8, 4) is 29.4 Å². The quantitative estimate of drug-likeness (QED) is 0.679. The summed E-state index contributed by atoms with van der Waals surface area (Å²) in [6.45, 7) is 2.14. The van der Waals surface area contributed by atoms with Crippen LogP contribution in [0.25, 0.3) is 11.3 Å². The van der Waals surface area contributed by atoms with Crippen molar-refractivity contribution in [2.45, 2.75) is 13.5 Å². The van der Waals surface area contributed by atoms with Crippen molar-refractivity contribution < 1.29 is 9.53 Å². The van der Waals surface area contributed by atoms with E-state index in [1.165, 1.54) is 4.68 Å². The highest BCUT2D eigenvalue weighted by atomic mass is 16.5. The Kier molecular flexibility index (Phi) is 3.76. The number of hydrogen-bond acceptors (Lipinski definition) is 4. The monoisotopic (exact) mass is 269 g/mol. The first-order valence-corrected chi connectivity index (χ1v) is 6.02. The fourth-order valence-electron chi connectivity index (χ4n) is 2.04. The van der Waals surface area contributed by atoms with Crippen molar-refractivity contribution in [3.05, 3.63) is 29.3 Å². The number of carbonyl (C=O) groups excluding carboxylic acids is 1. The number of aldehydes is 1. The van der Waals surface area contributed by atoms with Crippen molar-refractivity contribution in [3.63, 3.8) is 0 Å². The van der Waals surface area contributed by atoms with Gasteiger partial charge in [-0.15, -0.1) is 6.42 Å². The number of carbonyl (C=O) groups is 1. The average Bonchev–Trinajstić information content (AvgIpc) is 2.75. The molecule has 0 saturated carbocycles. The molecule has 1 aromatic heterocycles. The van der Waals surface area contributed by atoms with Crippen LogP contribution in [0.15, 0.2) is 18.2 Å². The molecule has 0 aliphatic rings. The topological polar surface area (TPSA) is 70.1 Å². The van der Waals surface area contributed by atoms with Gasteiger partial charge in [0.15, 0.2) is 6.29 Å². The number of hydrogen-bond donors (Lipinski definition) is 1. The molecule has 2 aromatic rings. The maximum atomic E-state index is 11.3. The van der Waals surface area contributed by atoms with Crippen LogP contribution >= 0.6 is 0 Å². The number of benzene rings is 1. The first-order valence-electron chi connectivity index (χ1n) is 6.02. The Balaban J connectivity index is 2.60. The average molecular weight is 269 g/mol. The van der Waals surface area contributed by atoms with E-state index in [-0.39, 0.29) is 12.4 Å². The van der Waals surface area contributed by atoms with Crippen LogP contribution in [-0.4, -0.2) is 23.2 Å². The van der Waals surface area contributed by atoms with Gasteiger partial charge in [0.2, 0.25) is 0 Å². The van der Waals surface area contributed by atoms with E-state index in [0.717, 1.165) is 16.9 Å². The Labute approximate surface area is 117 Å². The van der Waals surface area contributed by atoms with Gasteiger partial charge >= 0.3 is 0 Å². The summed E-state index contributed by atoms with van der Waals surface area (Å²) in [6, 6.07) is 5.54. The van der Waals surface area contributed by atoms with Crippen LogP contribution in [0, 0.1) is 19.3 Å². The normalized spacial score (nSPS) is 10.1. The summed E-state index contributed by atoms with van der Waals surface area (Å²) in [7, 11) is 1.60. The molecule has 0 saturated heterocycles. The number of nitrogens with zero attached hydrogens (tertiary/aromatic N) is 2. The molecular weight excluding hydrogens is 254 g/mol. The molecule has 0 fully saturated rings. The number of nitrogens with two attached hydrogens (primary N) is 1. The zero-order valence-electron chi connectivity index (χ0n) is 11.4. The second-order valence-electron chi connectivity index (χ2n) is 4.31. The van der Waals surface area contributed by atoms with E-state index in [1.807, 2.05) is 25.1 Å². The SMILES string of the molecule is C#CCn1nc(-c2ccc(OC)cc2C)c(C=O)c1N. The minimum absolute atomic E-state index is 0.224. The minimum Gasteiger partial charge on any atom is -0.497 e. The van der Waals surface area contributed by atoms with E-state index in [2.05, 4.69) is 11.0 Å². The Bertz CT molecular complexity index is 696. The van der Waals surface area contributed by atoms with Crippen molar-refractivity contribution in [2.24, 2.45) is 0 Å². The number of anilines is 1. The van der Waals surface area contributed by atoms with Gasteiger partial charge in [0.25, 0.3) is 0 Å². The molecule has 0 aliphatic heterocycles. The molecule has 1 heterocycles. The van der Waals surface area contributed by atoms with Crippen molar-refractivity contribution in [2.75, 3.05) is 12.8 Å². The van der Waals surface area contributed by atoms with Gasteiger partial charge in [-0.2, -0.15) is 5.10 Å². The summed E-state index contributed by atoms with van der Waals surface area (Å²) in [5.74, 6) is 3.48. The van der Waals surface area contributed by atoms with Crippen molar-refractivity contribution >= 4 is 12.1 Å². The molecule has 102 valence electrons. The smallest absolute Gasteiger partial charge is 0.156 e. The second kappa shape index (κ2) is 5.49. The van der Waals surface area contributed by atoms with Gasteiger partial charge in [0.1, 0.15) is 23.8 Å². The van der Waals surface area contributed by atoms with Crippen LogP contribution in [0.1, 0.15) is 15.9 Å². The first kappa shape index (κ1) is 13.7. The minimum atomic E-state index is 0.224. The van der Waals surface area contributed by atoms with E-state index < -0.39 is 0 Å². The highest BCUT2D eigenvalue weighted by molar-refractivity contribution is 5.92. The van der Waals surface area contributed by atoms with Gasteiger partial charge in [0.05, 0.1) is 12.7 Å². The molecule has 0 spiro atoms. The Morgan fingerprint density at radius 1 is 1.55 bits per heavy atom. The van der Waals surface area contributed by atoms with Crippen LogP contribution < -0.4 is 10.5 Å². The van der Waals surface area contributed by atoms with Crippen LogP contribution in [0.4, 0.5) is 5.82 Å². The van der Waals surface area contributed by atoms with Gasteiger partial charge in [-0.1, -0.05) is 5.92 Å². The molecule has 0 amide bonds. The van der Waals surface area contributed by atoms with Gasteiger partial charge in [0, 0.05) is 5.56 Å². The molecule has 1 aromatic carbocycles. The lowest BCUT2D eigenvalue weighted by Crippen LogP contribution is -2.03. The molecule has 0 atom stereocenters. The zero-order chi connectivity index (χ0) is 14.7. The number of aromatic nitrogens is 2. The number of terminal acetylenes is 1. The van der Waals surface area contributed by atoms with Crippen molar-refractivity contribution in [1.29, 1.82) is 0 Å². The van der Waals surface area contributed by atoms with Gasteiger partial charge < -0.3 is 10.5 Å². The Hall–Kier alpha value is -2.74. The van der Waals surface area contributed by atoms with Crippen LogP contribution in [-0.2, 0) is 6.54 Å². The van der Waals surface area contributed by atoms with Gasteiger partial charge in [-0.25, -0.2) is 4.68 Å². The fraction of sp³-hybridized carbons (Fsp3) is 0.200.